The molecular formula is C15H22O6. The second-order valence-corrected chi connectivity index (χ2v) is 4.25. The van der Waals surface area contributed by atoms with Crippen molar-refractivity contribution in [2.45, 2.75) is 26.7 Å². The van der Waals surface area contributed by atoms with Crippen LogP contribution in [0.3, 0.4) is 0 Å². The highest BCUT2D eigenvalue weighted by molar-refractivity contribution is 5.89. The summed E-state index contributed by atoms with van der Waals surface area (Å²) in [5.74, 6) is 0.0556. The zero-order valence-electron chi connectivity index (χ0n) is 12.4. The van der Waals surface area contributed by atoms with Gasteiger partial charge in [0.1, 0.15) is 0 Å². The predicted molar refractivity (Wildman–Crippen MR) is 77.6 cm³/mol. The SMILES string of the molecule is CCOc1cc(C(=O)O)cc(OCC)c1OCCCCO. The normalized spacial score (nSPS) is 10.2. The minimum atomic E-state index is -1.05. The van der Waals surface area contributed by atoms with Crippen LogP contribution in [0.15, 0.2) is 12.1 Å². The number of ether oxygens (including phenoxy) is 3. The molecule has 0 spiro atoms. The molecule has 0 radical (unpaired) electrons. The summed E-state index contributed by atoms with van der Waals surface area (Å²) in [4.78, 5) is 11.1. The van der Waals surface area contributed by atoms with Gasteiger partial charge in [-0.25, -0.2) is 4.79 Å². The smallest absolute Gasteiger partial charge is 0.335 e. The van der Waals surface area contributed by atoms with Gasteiger partial charge in [-0.15, -0.1) is 0 Å². The molecule has 0 aromatic heterocycles. The van der Waals surface area contributed by atoms with E-state index in [1.165, 1.54) is 12.1 Å². The number of carbonyl (C=O) groups is 1. The lowest BCUT2D eigenvalue weighted by Crippen LogP contribution is -2.07. The Morgan fingerprint density at radius 2 is 1.62 bits per heavy atom. The molecule has 0 unspecified atom stereocenters. The second kappa shape index (κ2) is 9.07. The van der Waals surface area contributed by atoms with Crippen molar-refractivity contribution in [1.29, 1.82) is 0 Å². The maximum absolute atomic E-state index is 11.1. The molecule has 0 fully saturated rings. The van der Waals surface area contributed by atoms with Crippen LogP contribution in [0, 0.1) is 0 Å². The maximum atomic E-state index is 11.1. The van der Waals surface area contributed by atoms with E-state index in [-0.39, 0.29) is 12.2 Å². The first-order valence-electron chi connectivity index (χ1n) is 7.04. The van der Waals surface area contributed by atoms with E-state index in [4.69, 9.17) is 24.4 Å². The monoisotopic (exact) mass is 298 g/mol. The van der Waals surface area contributed by atoms with Crippen LogP contribution in [0.4, 0.5) is 0 Å². The molecule has 118 valence electrons. The molecule has 2 N–H and O–H groups in total. The lowest BCUT2D eigenvalue weighted by atomic mass is 10.2. The lowest BCUT2D eigenvalue weighted by molar-refractivity contribution is 0.0695. The Balaban J connectivity index is 3.05. The summed E-state index contributed by atoms with van der Waals surface area (Å²) >= 11 is 0. The molecule has 0 atom stereocenters. The number of hydrogen-bond acceptors (Lipinski definition) is 5. The molecule has 1 aromatic rings. The lowest BCUT2D eigenvalue weighted by Gasteiger charge is -2.17. The van der Waals surface area contributed by atoms with E-state index in [1.54, 1.807) is 0 Å². The summed E-state index contributed by atoms with van der Waals surface area (Å²) in [6.07, 6.45) is 1.33. The van der Waals surface area contributed by atoms with Crippen molar-refractivity contribution < 1.29 is 29.2 Å². The highest BCUT2D eigenvalue weighted by atomic mass is 16.5. The van der Waals surface area contributed by atoms with Gasteiger partial charge in [-0.05, 0) is 38.8 Å². The highest BCUT2D eigenvalue weighted by Crippen LogP contribution is 2.39. The van der Waals surface area contributed by atoms with Crippen molar-refractivity contribution in [2.24, 2.45) is 0 Å². The molecule has 21 heavy (non-hydrogen) atoms. The van der Waals surface area contributed by atoms with E-state index in [9.17, 15) is 4.79 Å². The van der Waals surface area contributed by atoms with Crippen LogP contribution in [0.5, 0.6) is 17.2 Å². The number of aromatic carboxylic acids is 1. The number of hydrogen-bond donors (Lipinski definition) is 2. The predicted octanol–water partition coefficient (Wildman–Crippen LogP) is 2.33. The molecule has 1 rings (SSSR count). The Hall–Kier alpha value is -1.95. The summed E-state index contributed by atoms with van der Waals surface area (Å²) in [6, 6.07) is 2.85. The first-order valence-corrected chi connectivity index (χ1v) is 7.04. The van der Waals surface area contributed by atoms with Crippen molar-refractivity contribution in [3.63, 3.8) is 0 Å². The number of carboxylic acids is 1. The Morgan fingerprint density at radius 1 is 1.05 bits per heavy atom. The number of aliphatic hydroxyl groups is 1. The van der Waals surface area contributed by atoms with Gasteiger partial charge in [-0.1, -0.05) is 0 Å². The van der Waals surface area contributed by atoms with E-state index < -0.39 is 5.97 Å². The fraction of sp³-hybridized carbons (Fsp3) is 0.533. The molecule has 0 bridgehead atoms. The van der Waals surface area contributed by atoms with Gasteiger partial charge < -0.3 is 24.4 Å². The van der Waals surface area contributed by atoms with Crippen LogP contribution in [-0.2, 0) is 0 Å². The van der Waals surface area contributed by atoms with E-state index in [0.29, 0.717) is 49.9 Å². The molecule has 0 saturated heterocycles. The van der Waals surface area contributed by atoms with Crippen LogP contribution in [-0.4, -0.2) is 42.6 Å². The average molecular weight is 298 g/mol. The number of rotatable bonds is 10. The molecule has 1 aromatic carbocycles. The van der Waals surface area contributed by atoms with Crippen LogP contribution in [0.1, 0.15) is 37.0 Å². The molecule has 0 amide bonds. The van der Waals surface area contributed by atoms with Crippen molar-refractivity contribution in [3.05, 3.63) is 17.7 Å². The van der Waals surface area contributed by atoms with Crippen molar-refractivity contribution >= 4 is 5.97 Å². The van der Waals surface area contributed by atoms with Crippen molar-refractivity contribution in [1.82, 2.24) is 0 Å². The fourth-order valence-electron chi connectivity index (χ4n) is 1.76. The van der Waals surface area contributed by atoms with E-state index in [1.807, 2.05) is 13.8 Å². The van der Waals surface area contributed by atoms with Gasteiger partial charge in [0.25, 0.3) is 0 Å². The van der Waals surface area contributed by atoms with E-state index in [0.717, 1.165) is 0 Å². The third kappa shape index (κ3) is 5.15. The summed E-state index contributed by atoms with van der Waals surface area (Å²) < 4.78 is 16.6. The molecule has 0 aliphatic carbocycles. The third-order valence-corrected chi connectivity index (χ3v) is 2.67. The Labute approximate surface area is 124 Å². The van der Waals surface area contributed by atoms with Gasteiger partial charge in [0.15, 0.2) is 11.5 Å². The summed E-state index contributed by atoms with van der Waals surface area (Å²) in [7, 11) is 0. The van der Waals surface area contributed by atoms with Gasteiger partial charge in [0.05, 0.1) is 25.4 Å². The zero-order valence-corrected chi connectivity index (χ0v) is 12.4. The zero-order chi connectivity index (χ0) is 15.7. The van der Waals surface area contributed by atoms with Crippen molar-refractivity contribution in [3.8, 4) is 17.2 Å². The molecular weight excluding hydrogens is 276 g/mol. The van der Waals surface area contributed by atoms with Crippen LogP contribution in [0.2, 0.25) is 0 Å². The number of carboxylic acid groups (broad SMARTS) is 1. The Kier molecular flexibility index (Phi) is 7.39. The Bertz CT molecular complexity index is 430. The van der Waals surface area contributed by atoms with Crippen molar-refractivity contribution in [2.75, 3.05) is 26.4 Å². The number of benzene rings is 1. The highest BCUT2D eigenvalue weighted by Gasteiger charge is 2.18. The molecule has 0 saturated carbocycles. The minimum Gasteiger partial charge on any atom is -0.490 e. The molecule has 6 nitrogen and oxygen atoms in total. The topological polar surface area (TPSA) is 85.2 Å². The fourth-order valence-corrected chi connectivity index (χ4v) is 1.76. The first kappa shape index (κ1) is 17.1. The molecule has 6 heteroatoms. The quantitative estimate of drug-likeness (QED) is 0.645. The van der Waals surface area contributed by atoms with Gasteiger partial charge in [0.2, 0.25) is 5.75 Å². The van der Waals surface area contributed by atoms with Crippen LogP contribution >= 0.6 is 0 Å². The standard InChI is InChI=1S/C15H22O6/c1-3-19-12-9-11(15(17)18)10-13(20-4-2)14(12)21-8-6-5-7-16/h9-10,16H,3-8H2,1-2H3,(H,17,18). The largest absolute Gasteiger partial charge is 0.490 e. The van der Waals surface area contributed by atoms with E-state index >= 15 is 0 Å². The second-order valence-electron chi connectivity index (χ2n) is 4.25. The number of aliphatic hydroxyl groups excluding tert-OH is 1. The summed E-state index contributed by atoms with van der Waals surface area (Å²) in [5, 5.41) is 17.9. The molecule has 0 aliphatic heterocycles. The summed E-state index contributed by atoms with van der Waals surface area (Å²) in [5.41, 5.74) is 0.0876. The summed E-state index contributed by atoms with van der Waals surface area (Å²) in [6.45, 7) is 4.90. The van der Waals surface area contributed by atoms with Gasteiger partial charge in [-0.2, -0.15) is 0 Å². The maximum Gasteiger partial charge on any atom is 0.335 e. The van der Waals surface area contributed by atoms with E-state index in [2.05, 4.69) is 0 Å². The number of unbranched alkanes of at least 4 members (excludes halogenated alkanes) is 1. The van der Waals surface area contributed by atoms with Gasteiger partial charge in [-0.3, -0.25) is 0 Å². The minimum absolute atomic E-state index is 0.0876. The van der Waals surface area contributed by atoms with Crippen LogP contribution in [0.25, 0.3) is 0 Å². The molecule has 0 aliphatic rings. The third-order valence-electron chi connectivity index (χ3n) is 2.67. The van der Waals surface area contributed by atoms with Gasteiger partial charge in [0, 0.05) is 6.61 Å². The average Bonchev–Trinajstić information content (AvgIpc) is 2.45. The molecule has 0 heterocycles. The van der Waals surface area contributed by atoms with Gasteiger partial charge >= 0.3 is 5.97 Å². The Morgan fingerprint density at radius 3 is 2.05 bits per heavy atom. The van der Waals surface area contributed by atoms with Crippen LogP contribution < -0.4 is 14.2 Å². The first-order chi connectivity index (χ1) is 10.1.